The van der Waals surface area contributed by atoms with Crippen molar-refractivity contribution in [1.82, 2.24) is 0 Å². The van der Waals surface area contributed by atoms with Crippen LogP contribution in [0.15, 0.2) is 158 Å². The minimum absolute atomic E-state index is 1.22. The Hall–Kier alpha value is -5.20. The molecule has 0 aliphatic heterocycles. The van der Waals surface area contributed by atoms with Gasteiger partial charge >= 0.3 is 0 Å². The zero-order valence-corrected chi connectivity index (χ0v) is 22.0. The van der Waals surface area contributed by atoms with Crippen LogP contribution in [0.25, 0.3) is 77.5 Å². The second-order valence-corrected chi connectivity index (χ2v) is 10.5. The molecule has 8 rings (SSSR count). The van der Waals surface area contributed by atoms with Crippen molar-refractivity contribution in [3.05, 3.63) is 158 Å². The van der Waals surface area contributed by atoms with Crippen molar-refractivity contribution in [2.24, 2.45) is 0 Å². The van der Waals surface area contributed by atoms with E-state index in [2.05, 4.69) is 158 Å². The van der Waals surface area contributed by atoms with E-state index in [-0.39, 0.29) is 0 Å². The van der Waals surface area contributed by atoms with Crippen LogP contribution in [0.4, 0.5) is 0 Å². The first kappa shape index (κ1) is 22.8. The summed E-state index contributed by atoms with van der Waals surface area (Å²) < 4.78 is 0. The predicted octanol–water partition coefficient (Wildman–Crippen LogP) is 11.2. The van der Waals surface area contributed by atoms with E-state index >= 15 is 0 Å². The molecule has 0 nitrogen and oxygen atoms in total. The molecule has 1 aliphatic rings. The van der Waals surface area contributed by atoms with Gasteiger partial charge in [0.25, 0.3) is 0 Å². The Kier molecular flexibility index (Phi) is 5.24. The van der Waals surface area contributed by atoms with Gasteiger partial charge in [-0.1, -0.05) is 140 Å². The highest BCUT2D eigenvalue weighted by Gasteiger charge is 2.22. The molecule has 7 aromatic rings. The maximum absolute atomic E-state index is 2.31. The lowest BCUT2D eigenvalue weighted by Crippen LogP contribution is -1.87. The smallest absolute Gasteiger partial charge is 0.00201 e. The zero-order chi connectivity index (χ0) is 26.5. The van der Waals surface area contributed by atoms with Crippen LogP contribution in [-0.4, -0.2) is 0 Å². The summed E-state index contributed by atoms with van der Waals surface area (Å²) in [6.45, 7) is 0. The van der Waals surface area contributed by atoms with Gasteiger partial charge in [0.1, 0.15) is 0 Å². The van der Waals surface area contributed by atoms with Gasteiger partial charge in [-0.15, -0.1) is 0 Å². The SMILES string of the molecule is c1ccc(-c2cc(-c3ccccc3)cc(-c3ccc(-c4ccc5c6c(cccc46)-c4ccccc4-5)cc3)c2)cc1. The number of benzene rings is 7. The maximum atomic E-state index is 2.31. The summed E-state index contributed by atoms with van der Waals surface area (Å²) in [5.41, 5.74) is 15.2. The lowest BCUT2D eigenvalue weighted by molar-refractivity contribution is 1.56. The molecule has 0 spiro atoms. The minimum atomic E-state index is 1.22. The van der Waals surface area contributed by atoms with Crippen LogP contribution >= 0.6 is 0 Å². The van der Waals surface area contributed by atoms with Crippen LogP contribution in [0, 0.1) is 0 Å². The summed E-state index contributed by atoms with van der Waals surface area (Å²) in [6, 6.07) is 57.4. The summed E-state index contributed by atoms with van der Waals surface area (Å²) in [7, 11) is 0. The van der Waals surface area contributed by atoms with Gasteiger partial charge in [0.15, 0.2) is 0 Å². The van der Waals surface area contributed by atoms with Gasteiger partial charge in [0, 0.05) is 0 Å². The predicted molar refractivity (Wildman–Crippen MR) is 170 cm³/mol. The Morgan fingerprint density at radius 3 is 1.23 bits per heavy atom. The average Bonchev–Trinajstić information content (AvgIpc) is 3.37. The summed E-state index contributed by atoms with van der Waals surface area (Å²) >= 11 is 0. The third-order valence-electron chi connectivity index (χ3n) is 8.22. The molecule has 0 bridgehead atoms. The van der Waals surface area contributed by atoms with Crippen molar-refractivity contribution in [2.75, 3.05) is 0 Å². The second kappa shape index (κ2) is 9.22. The first-order chi connectivity index (χ1) is 19.8. The molecule has 0 fully saturated rings. The van der Waals surface area contributed by atoms with Crippen LogP contribution in [0.2, 0.25) is 0 Å². The maximum Gasteiger partial charge on any atom is -0.00201 e. The molecule has 40 heavy (non-hydrogen) atoms. The first-order valence-corrected chi connectivity index (χ1v) is 13.9. The van der Waals surface area contributed by atoms with Crippen molar-refractivity contribution in [1.29, 1.82) is 0 Å². The fourth-order valence-corrected chi connectivity index (χ4v) is 6.29. The fourth-order valence-electron chi connectivity index (χ4n) is 6.29. The third-order valence-corrected chi connectivity index (χ3v) is 8.22. The number of hydrogen-bond acceptors (Lipinski definition) is 0. The van der Waals surface area contributed by atoms with E-state index in [0.717, 1.165) is 0 Å². The minimum Gasteiger partial charge on any atom is -0.0622 e. The number of fused-ring (bicyclic) bond motifs is 3. The van der Waals surface area contributed by atoms with Gasteiger partial charge in [-0.05, 0) is 95.7 Å². The topological polar surface area (TPSA) is 0 Å². The molecule has 0 atom stereocenters. The largest absolute Gasteiger partial charge is 0.0622 e. The standard InChI is InChI=1S/C40H26/c1-3-10-27(11-4-1)31-24-32(28-12-5-2-6-13-28)26-33(25-31)29-18-20-30(21-19-29)34-22-23-39-36-15-8-7-14-35(36)38-17-9-16-37(34)40(38)39/h1-26H. The summed E-state index contributed by atoms with van der Waals surface area (Å²) in [5, 5.41) is 2.68. The molecule has 0 heteroatoms. The van der Waals surface area contributed by atoms with E-state index in [1.165, 1.54) is 77.5 Å². The summed E-state index contributed by atoms with van der Waals surface area (Å²) in [4.78, 5) is 0. The van der Waals surface area contributed by atoms with E-state index in [1.807, 2.05) is 0 Å². The Morgan fingerprint density at radius 1 is 0.225 bits per heavy atom. The van der Waals surface area contributed by atoms with Crippen molar-refractivity contribution < 1.29 is 0 Å². The highest BCUT2D eigenvalue weighted by atomic mass is 14.2. The molecule has 0 saturated carbocycles. The normalized spacial score (nSPS) is 11.5. The van der Waals surface area contributed by atoms with Crippen molar-refractivity contribution in [3.63, 3.8) is 0 Å². The van der Waals surface area contributed by atoms with Crippen LogP contribution in [-0.2, 0) is 0 Å². The van der Waals surface area contributed by atoms with E-state index in [4.69, 9.17) is 0 Å². The fraction of sp³-hybridized carbons (Fsp3) is 0. The Balaban J connectivity index is 1.23. The van der Waals surface area contributed by atoms with Crippen LogP contribution < -0.4 is 0 Å². The lowest BCUT2D eigenvalue weighted by atomic mass is 9.91. The van der Waals surface area contributed by atoms with E-state index in [1.54, 1.807) is 0 Å². The molecule has 0 unspecified atom stereocenters. The number of rotatable bonds is 4. The third kappa shape index (κ3) is 3.69. The van der Waals surface area contributed by atoms with E-state index in [9.17, 15) is 0 Å². The van der Waals surface area contributed by atoms with Gasteiger partial charge in [-0.2, -0.15) is 0 Å². The first-order valence-electron chi connectivity index (χ1n) is 13.9. The quantitative estimate of drug-likeness (QED) is 0.223. The molecular formula is C40H26. The van der Waals surface area contributed by atoms with Crippen LogP contribution in [0.3, 0.4) is 0 Å². The molecule has 0 amide bonds. The number of hydrogen-bond donors (Lipinski definition) is 0. The van der Waals surface area contributed by atoms with Crippen molar-refractivity contribution in [3.8, 4) is 66.8 Å². The lowest BCUT2D eigenvalue weighted by Gasteiger charge is -2.13. The van der Waals surface area contributed by atoms with Crippen LogP contribution in [0.5, 0.6) is 0 Å². The summed E-state index contributed by atoms with van der Waals surface area (Å²) in [5.74, 6) is 0. The second-order valence-electron chi connectivity index (χ2n) is 10.5. The van der Waals surface area contributed by atoms with Gasteiger partial charge in [-0.25, -0.2) is 0 Å². The highest BCUT2D eigenvalue weighted by molar-refractivity contribution is 6.18. The van der Waals surface area contributed by atoms with Crippen molar-refractivity contribution in [2.45, 2.75) is 0 Å². The van der Waals surface area contributed by atoms with Gasteiger partial charge in [0.05, 0.1) is 0 Å². The monoisotopic (exact) mass is 506 g/mol. The van der Waals surface area contributed by atoms with Gasteiger partial charge in [-0.3, -0.25) is 0 Å². The molecule has 0 aromatic heterocycles. The molecule has 0 heterocycles. The van der Waals surface area contributed by atoms with Crippen molar-refractivity contribution >= 4 is 10.8 Å². The molecule has 1 aliphatic carbocycles. The molecule has 0 saturated heterocycles. The zero-order valence-electron chi connectivity index (χ0n) is 22.0. The molecule has 186 valence electrons. The van der Waals surface area contributed by atoms with E-state index in [0.29, 0.717) is 0 Å². The Morgan fingerprint density at radius 2 is 0.650 bits per heavy atom. The van der Waals surface area contributed by atoms with Crippen LogP contribution in [0.1, 0.15) is 0 Å². The Bertz CT molecular complexity index is 1930. The molecule has 7 aromatic carbocycles. The average molecular weight is 507 g/mol. The molecular weight excluding hydrogens is 480 g/mol. The van der Waals surface area contributed by atoms with Gasteiger partial charge in [0.2, 0.25) is 0 Å². The molecule has 0 N–H and O–H groups in total. The molecule has 0 radical (unpaired) electrons. The highest BCUT2D eigenvalue weighted by Crippen LogP contribution is 2.49. The van der Waals surface area contributed by atoms with Gasteiger partial charge < -0.3 is 0 Å². The van der Waals surface area contributed by atoms with E-state index < -0.39 is 0 Å². The summed E-state index contributed by atoms with van der Waals surface area (Å²) in [6.07, 6.45) is 0. The Labute approximate surface area is 234 Å².